The SMILES string of the molecule is C[C@@]12OCCCC1=C(c1cccs1)C(=O)O2. The zero-order chi connectivity index (χ0) is 11.2. The van der Waals surface area contributed by atoms with Gasteiger partial charge in [0.05, 0.1) is 12.2 Å². The molecule has 3 heterocycles. The fourth-order valence-electron chi connectivity index (χ4n) is 2.29. The number of hydrogen-bond donors (Lipinski definition) is 0. The van der Waals surface area contributed by atoms with Crippen molar-refractivity contribution in [1.82, 2.24) is 0 Å². The van der Waals surface area contributed by atoms with Gasteiger partial charge in [-0.25, -0.2) is 4.79 Å². The van der Waals surface area contributed by atoms with Crippen molar-refractivity contribution in [3.05, 3.63) is 28.0 Å². The van der Waals surface area contributed by atoms with Crippen molar-refractivity contribution in [3.63, 3.8) is 0 Å². The van der Waals surface area contributed by atoms with Gasteiger partial charge in [-0.3, -0.25) is 0 Å². The van der Waals surface area contributed by atoms with Gasteiger partial charge >= 0.3 is 5.97 Å². The molecule has 0 aliphatic carbocycles. The number of fused-ring (bicyclic) bond motifs is 1. The van der Waals surface area contributed by atoms with Crippen LogP contribution in [0.1, 0.15) is 24.6 Å². The second-order valence-corrected chi connectivity index (χ2v) is 5.07. The fourth-order valence-corrected chi connectivity index (χ4v) is 3.08. The molecule has 3 rings (SSSR count). The van der Waals surface area contributed by atoms with Gasteiger partial charge in [-0.05, 0) is 24.3 Å². The van der Waals surface area contributed by atoms with Crippen LogP contribution in [0.4, 0.5) is 0 Å². The Morgan fingerprint density at radius 3 is 3.12 bits per heavy atom. The predicted molar refractivity (Wildman–Crippen MR) is 60.9 cm³/mol. The smallest absolute Gasteiger partial charge is 0.342 e. The number of ether oxygens (including phenoxy) is 2. The number of hydrogen-bond acceptors (Lipinski definition) is 4. The van der Waals surface area contributed by atoms with Gasteiger partial charge < -0.3 is 9.47 Å². The Morgan fingerprint density at radius 2 is 2.38 bits per heavy atom. The van der Waals surface area contributed by atoms with E-state index in [-0.39, 0.29) is 5.97 Å². The number of carbonyl (C=O) groups is 1. The largest absolute Gasteiger partial charge is 0.426 e. The highest BCUT2D eigenvalue weighted by Crippen LogP contribution is 2.44. The molecule has 84 valence electrons. The Hall–Kier alpha value is -1.13. The lowest BCUT2D eigenvalue weighted by atomic mass is 9.95. The molecule has 0 bridgehead atoms. The Morgan fingerprint density at radius 1 is 1.50 bits per heavy atom. The van der Waals surface area contributed by atoms with Crippen LogP contribution in [-0.4, -0.2) is 18.4 Å². The van der Waals surface area contributed by atoms with Crippen LogP contribution in [0.5, 0.6) is 0 Å². The third-order valence-electron chi connectivity index (χ3n) is 3.06. The van der Waals surface area contributed by atoms with Gasteiger partial charge in [-0.1, -0.05) is 6.07 Å². The molecule has 0 radical (unpaired) electrons. The summed E-state index contributed by atoms with van der Waals surface area (Å²) in [6.07, 6.45) is 1.84. The van der Waals surface area contributed by atoms with Crippen molar-refractivity contribution < 1.29 is 14.3 Å². The van der Waals surface area contributed by atoms with E-state index < -0.39 is 5.79 Å². The Kier molecular flexibility index (Phi) is 2.16. The third kappa shape index (κ3) is 1.33. The lowest BCUT2D eigenvalue weighted by Crippen LogP contribution is -2.35. The van der Waals surface area contributed by atoms with Crippen molar-refractivity contribution >= 4 is 22.9 Å². The molecule has 3 nitrogen and oxygen atoms in total. The molecular formula is C12H12O3S. The van der Waals surface area contributed by atoms with Crippen molar-refractivity contribution in [2.24, 2.45) is 0 Å². The Balaban J connectivity index is 2.13. The summed E-state index contributed by atoms with van der Waals surface area (Å²) in [5.41, 5.74) is 1.73. The van der Waals surface area contributed by atoms with Gasteiger partial charge in [0.1, 0.15) is 0 Å². The maximum Gasteiger partial charge on any atom is 0.342 e. The summed E-state index contributed by atoms with van der Waals surface area (Å²) in [6, 6.07) is 3.90. The van der Waals surface area contributed by atoms with Crippen LogP contribution >= 0.6 is 11.3 Å². The van der Waals surface area contributed by atoms with Crippen LogP contribution in [0.3, 0.4) is 0 Å². The molecule has 0 spiro atoms. The first-order valence-corrected chi connectivity index (χ1v) is 6.23. The summed E-state index contributed by atoms with van der Waals surface area (Å²) in [4.78, 5) is 12.9. The topological polar surface area (TPSA) is 35.5 Å². The fraction of sp³-hybridized carbons (Fsp3) is 0.417. The summed E-state index contributed by atoms with van der Waals surface area (Å²) >= 11 is 1.56. The van der Waals surface area contributed by atoms with Gasteiger partial charge in [-0.2, -0.15) is 0 Å². The molecule has 0 saturated carbocycles. The number of esters is 1. The number of carbonyl (C=O) groups excluding carboxylic acids is 1. The minimum atomic E-state index is -0.811. The first kappa shape index (κ1) is 10.1. The summed E-state index contributed by atoms with van der Waals surface area (Å²) in [5, 5.41) is 1.97. The van der Waals surface area contributed by atoms with Crippen molar-refractivity contribution in [2.75, 3.05) is 6.61 Å². The summed E-state index contributed by atoms with van der Waals surface area (Å²) < 4.78 is 11.0. The van der Waals surface area contributed by atoms with Gasteiger partial charge in [-0.15, -0.1) is 11.3 Å². The molecule has 1 atom stereocenters. The second-order valence-electron chi connectivity index (χ2n) is 4.12. The van der Waals surface area contributed by atoms with Crippen LogP contribution in [0.25, 0.3) is 5.57 Å². The minimum Gasteiger partial charge on any atom is -0.426 e. The Labute approximate surface area is 97.7 Å². The molecule has 0 aromatic carbocycles. The summed E-state index contributed by atoms with van der Waals surface area (Å²) in [6.45, 7) is 2.49. The highest BCUT2D eigenvalue weighted by Gasteiger charge is 2.47. The van der Waals surface area contributed by atoms with Gasteiger partial charge in [0.25, 0.3) is 0 Å². The zero-order valence-corrected chi connectivity index (χ0v) is 9.80. The first-order valence-electron chi connectivity index (χ1n) is 5.35. The normalized spacial score (nSPS) is 29.2. The lowest BCUT2D eigenvalue weighted by molar-refractivity contribution is -0.201. The second kappa shape index (κ2) is 3.43. The molecule has 0 amide bonds. The van der Waals surface area contributed by atoms with Crippen molar-refractivity contribution in [2.45, 2.75) is 25.6 Å². The monoisotopic (exact) mass is 236 g/mol. The van der Waals surface area contributed by atoms with Gasteiger partial charge in [0.15, 0.2) is 0 Å². The van der Waals surface area contributed by atoms with Crippen LogP contribution in [0.2, 0.25) is 0 Å². The number of thiophene rings is 1. The minimum absolute atomic E-state index is 0.248. The van der Waals surface area contributed by atoms with E-state index in [9.17, 15) is 4.79 Å². The summed E-state index contributed by atoms with van der Waals surface area (Å²) in [5.74, 6) is -1.06. The van der Waals surface area contributed by atoms with Crippen LogP contribution < -0.4 is 0 Å². The molecule has 2 aliphatic rings. The molecule has 1 aromatic heterocycles. The predicted octanol–water partition coefficient (Wildman–Crippen LogP) is 2.59. The molecule has 2 aliphatic heterocycles. The van der Waals surface area contributed by atoms with E-state index in [1.54, 1.807) is 11.3 Å². The highest BCUT2D eigenvalue weighted by atomic mass is 32.1. The molecule has 1 saturated heterocycles. The molecule has 4 heteroatoms. The highest BCUT2D eigenvalue weighted by molar-refractivity contribution is 7.11. The Bertz CT molecular complexity index is 461. The van der Waals surface area contributed by atoms with E-state index in [4.69, 9.17) is 9.47 Å². The van der Waals surface area contributed by atoms with E-state index in [0.717, 1.165) is 28.9 Å². The zero-order valence-electron chi connectivity index (χ0n) is 8.99. The average Bonchev–Trinajstić information content (AvgIpc) is 2.81. The molecule has 16 heavy (non-hydrogen) atoms. The summed E-state index contributed by atoms with van der Waals surface area (Å²) in [7, 11) is 0. The van der Waals surface area contributed by atoms with E-state index >= 15 is 0 Å². The van der Waals surface area contributed by atoms with Crippen LogP contribution in [0, 0.1) is 0 Å². The van der Waals surface area contributed by atoms with Crippen molar-refractivity contribution in [3.8, 4) is 0 Å². The van der Waals surface area contributed by atoms with E-state index in [1.165, 1.54) is 0 Å². The maximum atomic E-state index is 11.9. The van der Waals surface area contributed by atoms with E-state index in [0.29, 0.717) is 6.61 Å². The third-order valence-corrected chi connectivity index (χ3v) is 3.95. The molecule has 0 unspecified atom stereocenters. The van der Waals surface area contributed by atoms with Crippen molar-refractivity contribution in [1.29, 1.82) is 0 Å². The molecule has 1 fully saturated rings. The van der Waals surface area contributed by atoms with Gasteiger partial charge in [0.2, 0.25) is 5.79 Å². The van der Waals surface area contributed by atoms with Gasteiger partial charge in [0, 0.05) is 17.4 Å². The lowest BCUT2D eigenvalue weighted by Gasteiger charge is -2.30. The van der Waals surface area contributed by atoms with E-state index in [1.807, 2.05) is 24.4 Å². The quantitative estimate of drug-likeness (QED) is 0.703. The molecule has 1 aromatic rings. The number of rotatable bonds is 1. The first-order chi connectivity index (χ1) is 7.71. The molecular weight excluding hydrogens is 224 g/mol. The van der Waals surface area contributed by atoms with E-state index in [2.05, 4.69) is 0 Å². The standard InChI is InChI=1S/C12H12O3S/c1-12-8(4-2-6-14-12)10(11(13)15-12)9-5-3-7-16-9/h3,5,7H,2,4,6H2,1H3/t12-/m0/s1. The molecule has 0 N–H and O–H groups in total. The average molecular weight is 236 g/mol. The maximum absolute atomic E-state index is 11.9. The van der Waals surface area contributed by atoms with Crippen LogP contribution in [-0.2, 0) is 14.3 Å². The van der Waals surface area contributed by atoms with Crippen LogP contribution in [0.15, 0.2) is 23.1 Å².